The van der Waals surface area contributed by atoms with Crippen molar-refractivity contribution in [3.8, 4) is 0 Å². The summed E-state index contributed by atoms with van der Waals surface area (Å²) >= 11 is 0. The van der Waals surface area contributed by atoms with Gasteiger partial charge in [0, 0.05) is 6.42 Å². The minimum Gasteiger partial charge on any atom is -0.468 e. The lowest BCUT2D eigenvalue weighted by molar-refractivity contribution is -0.170. The highest BCUT2D eigenvalue weighted by Gasteiger charge is 2.55. The van der Waals surface area contributed by atoms with E-state index < -0.39 is 35.7 Å². The number of hydrogen-bond acceptors (Lipinski definition) is 6. The monoisotopic (exact) mass is 347 g/mol. The largest absolute Gasteiger partial charge is 0.468 e. The number of carbonyl (C=O) groups excluding carboxylic acids is 4. The van der Waals surface area contributed by atoms with Gasteiger partial charge in [0.1, 0.15) is 0 Å². The van der Waals surface area contributed by atoms with Crippen LogP contribution in [0.2, 0.25) is 0 Å². The van der Waals surface area contributed by atoms with Crippen LogP contribution in [0.25, 0.3) is 0 Å². The average molecular weight is 347 g/mol. The number of piperidine rings is 1. The summed E-state index contributed by atoms with van der Waals surface area (Å²) in [6, 6.07) is 8.48. The highest BCUT2D eigenvalue weighted by molar-refractivity contribution is 6.12. The average Bonchev–Trinajstić information content (AvgIpc) is 2.59. The Bertz CT molecular complexity index is 671. The van der Waals surface area contributed by atoms with Gasteiger partial charge in [-0.25, -0.2) is 0 Å². The van der Waals surface area contributed by atoms with E-state index in [4.69, 9.17) is 4.74 Å². The first-order chi connectivity index (χ1) is 11.9. The van der Waals surface area contributed by atoms with Crippen molar-refractivity contribution in [3.05, 3.63) is 35.9 Å². The van der Waals surface area contributed by atoms with Crippen LogP contribution in [0.3, 0.4) is 0 Å². The molecule has 25 heavy (non-hydrogen) atoms. The van der Waals surface area contributed by atoms with Gasteiger partial charge in [0.05, 0.1) is 26.2 Å². The van der Waals surface area contributed by atoms with Crippen LogP contribution in [0.15, 0.2) is 30.3 Å². The number of amides is 1. The number of hydrogen-bond donors (Lipinski definition) is 1. The molecule has 134 valence electrons. The zero-order chi connectivity index (χ0) is 18.4. The molecule has 0 radical (unpaired) electrons. The highest BCUT2D eigenvalue weighted by atomic mass is 16.5. The topological polar surface area (TPSA) is 98.8 Å². The molecule has 0 aliphatic carbocycles. The zero-order valence-electron chi connectivity index (χ0n) is 14.2. The predicted molar refractivity (Wildman–Crippen MR) is 87.4 cm³/mol. The van der Waals surface area contributed by atoms with Gasteiger partial charge < -0.3 is 14.8 Å². The molecule has 1 aliphatic rings. The Balaban J connectivity index is 2.21. The zero-order valence-corrected chi connectivity index (χ0v) is 14.2. The first-order valence-corrected chi connectivity index (χ1v) is 8.04. The van der Waals surface area contributed by atoms with Gasteiger partial charge in [-0.05, 0) is 18.9 Å². The second-order valence-electron chi connectivity index (χ2n) is 5.91. The Morgan fingerprint density at radius 1 is 1.24 bits per heavy atom. The van der Waals surface area contributed by atoms with Crippen LogP contribution >= 0.6 is 0 Å². The van der Waals surface area contributed by atoms with E-state index in [1.807, 2.05) is 30.3 Å². The molecule has 1 N–H and O–H groups in total. The van der Waals surface area contributed by atoms with E-state index in [1.54, 1.807) is 6.92 Å². The van der Waals surface area contributed by atoms with Gasteiger partial charge in [-0.15, -0.1) is 0 Å². The Kier molecular flexibility index (Phi) is 5.90. The van der Waals surface area contributed by atoms with Crippen LogP contribution in [0.1, 0.15) is 25.3 Å². The quantitative estimate of drug-likeness (QED) is 0.604. The number of Topliss-reactive ketones (excluding diaryl/α,β-unsaturated/α-hetero) is 1. The summed E-state index contributed by atoms with van der Waals surface area (Å²) < 4.78 is 9.52. The minimum atomic E-state index is -1.87. The third kappa shape index (κ3) is 4.04. The van der Waals surface area contributed by atoms with E-state index in [-0.39, 0.29) is 18.8 Å². The van der Waals surface area contributed by atoms with Crippen molar-refractivity contribution in [1.29, 1.82) is 0 Å². The van der Waals surface area contributed by atoms with E-state index in [2.05, 4.69) is 10.1 Å². The van der Waals surface area contributed by atoms with Crippen molar-refractivity contribution >= 4 is 23.6 Å². The first-order valence-electron chi connectivity index (χ1n) is 8.04. The highest BCUT2D eigenvalue weighted by Crippen LogP contribution is 2.34. The second kappa shape index (κ2) is 7.92. The molecule has 1 fully saturated rings. The fourth-order valence-corrected chi connectivity index (χ4v) is 2.93. The molecule has 0 spiro atoms. The molecule has 0 bridgehead atoms. The summed E-state index contributed by atoms with van der Waals surface area (Å²) in [5.74, 6) is -2.65. The molecule has 2 rings (SSSR count). The molecule has 0 saturated carbocycles. The summed E-state index contributed by atoms with van der Waals surface area (Å²) in [5, 5.41) is 2.57. The smallest absolute Gasteiger partial charge is 0.322 e. The fourth-order valence-electron chi connectivity index (χ4n) is 2.93. The number of ether oxygens (including phenoxy) is 2. The van der Waals surface area contributed by atoms with E-state index in [0.29, 0.717) is 6.42 Å². The Labute approximate surface area is 145 Å². The summed E-state index contributed by atoms with van der Waals surface area (Å²) in [4.78, 5) is 49.2. The number of nitrogens with one attached hydrogen (secondary N) is 1. The van der Waals surface area contributed by atoms with Crippen LogP contribution in [-0.2, 0) is 35.1 Å². The van der Waals surface area contributed by atoms with E-state index in [0.717, 1.165) is 12.7 Å². The van der Waals surface area contributed by atoms with E-state index in [1.165, 1.54) is 0 Å². The number of benzene rings is 1. The summed E-state index contributed by atoms with van der Waals surface area (Å²) in [7, 11) is 1.11. The lowest BCUT2D eigenvalue weighted by Crippen LogP contribution is -2.60. The molecule has 1 heterocycles. The molecule has 1 amide bonds. The van der Waals surface area contributed by atoms with Crippen LogP contribution < -0.4 is 5.32 Å². The van der Waals surface area contributed by atoms with Crippen molar-refractivity contribution < 1.29 is 28.7 Å². The van der Waals surface area contributed by atoms with E-state index in [9.17, 15) is 19.2 Å². The van der Waals surface area contributed by atoms with Crippen LogP contribution in [-0.4, -0.2) is 43.4 Å². The molecular weight excluding hydrogens is 326 g/mol. The van der Waals surface area contributed by atoms with Gasteiger partial charge in [0.25, 0.3) is 0 Å². The molecule has 7 nitrogen and oxygen atoms in total. The lowest BCUT2D eigenvalue weighted by Gasteiger charge is -2.35. The summed E-state index contributed by atoms with van der Waals surface area (Å²) in [6.07, 6.45) is -0.590. The van der Waals surface area contributed by atoms with Crippen molar-refractivity contribution in [2.45, 2.75) is 32.2 Å². The molecular formula is C18H21NO6. The molecule has 1 aliphatic heterocycles. The van der Waals surface area contributed by atoms with Gasteiger partial charge in [-0.3, -0.25) is 19.2 Å². The molecule has 0 unspecified atom stereocenters. The molecule has 1 aromatic rings. The Hall–Kier alpha value is -2.70. The molecule has 7 heteroatoms. The van der Waals surface area contributed by atoms with Gasteiger partial charge in [-0.1, -0.05) is 30.3 Å². The SMILES string of the molecule is CCOC(=O)C[C@@]1(C(=O)OC)CC(=O)[C@H](Cc2ccccc2)NC1=O. The predicted octanol–water partition coefficient (Wildman–Crippen LogP) is 0.799. The molecule has 1 aromatic carbocycles. The maximum absolute atomic E-state index is 12.6. The van der Waals surface area contributed by atoms with Crippen LogP contribution in [0.5, 0.6) is 0 Å². The lowest BCUT2D eigenvalue weighted by atomic mass is 9.74. The molecule has 1 saturated heterocycles. The normalized spacial score (nSPS) is 22.9. The number of carbonyl (C=O) groups is 4. The Morgan fingerprint density at radius 2 is 1.92 bits per heavy atom. The standard InChI is InChI=1S/C18H21NO6/c1-3-25-15(21)11-18(17(23)24-2)10-14(20)13(19-16(18)22)9-12-7-5-4-6-8-12/h4-8,13H,3,9-11H2,1-2H3,(H,19,22)/t13-,18-/m0/s1. The van der Waals surface area contributed by atoms with Gasteiger partial charge in [0.2, 0.25) is 5.91 Å². The summed E-state index contributed by atoms with van der Waals surface area (Å²) in [5.41, 5.74) is -0.984. The fraction of sp³-hybridized carbons (Fsp3) is 0.444. The van der Waals surface area contributed by atoms with Gasteiger partial charge in [0.15, 0.2) is 11.2 Å². The van der Waals surface area contributed by atoms with Crippen molar-refractivity contribution in [2.24, 2.45) is 5.41 Å². The first kappa shape index (κ1) is 18.6. The molecule has 2 atom stereocenters. The number of esters is 2. The van der Waals surface area contributed by atoms with Crippen LogP contribution in [0.4, 0.5) is 0 Å². The van der Waals surface area contributed by atoms with Gasteiger partial charge in [-0.2, -0.15) is 0 Å². The van der Waals surface area contributed by atoms with Crippen molar-refractivity contribution in [3.63, 3.8) is 0 Å². The maximum Gasteiger partial charge on any atom is 0.322 e. The number of ketones is 1. The second-order valence-corrected chi connectivity index (χ2v) is 5.91. The number of rotatable bonds is 6. The molecule has 0 aromatic heterocycles. The van der Waals surface area contributed by atoms with Gasteiger partial charge >= 0.3 is 11.9 Å². The van der Waals surface area contributed by atoms with Crippen molar-refractivity contribution in [1.82, 2.24) is 5.32 Å². The maximum atomic E-state index is 12.6. The van der Waals surface area contributed by atoms with E-state index >= 15 is 0 Å². The minimum absolute atomic E-state index is 0.113. The number of methoxy groups -OCH3 is 1. The third-order valence-corrected chi connectivity index (χ3v) is 4.21. The third-order valence-electron chi connectivity index (χ3n) is 4.21. The Morgan fingerprint density at radius 3 is 2.52 bits per heavy atom. The summed E-state index contributed by atoms with van der Waals surface area (Å²) in [6.45, 7) is 1.73. The van der Waals surface area contributed by atoms with Crippen molar-refractivity contribution in [2.75, 3.05) is 13.7 Å². The van der Waals surface area contributed by atoms with Crippen LogP contribution in [0, 0.1) is 5.41 Å².